The molecule has 2 N–H and O–H groups in total. The highest BCUT2D eigenvalue weighted by molar-refractivity contribution is 5.77. The predicted octanol–water partition coefficient (Wildman–Crippen LogP) is -0.709. The summed E-state index contributed by atoms with van der Waals surface area (Å²) in [4.78, 5) is 11.0. The van der Waals surface area contributed by atoms with Gasteiger partial charge in [0.25, 0.3) is 0 Å². The molecule has 1 amide bonds. The van der Waals surface area contributed by atoms with Crippen LogP contribution in [0.4, 0.5) is 0 Å². The molecule has 1 rings (SSSR count). The highest BCUT2D eigenvalue weighted by atomic mass is 16.5. The Morgan fingerprint density at radius 3 is 2.79 bits per heavy atom. The van der Waals surface area contributed by atoms with E-state index in [1.807, 2.05) is 0 Å². The molecule has 14 heavy (non-hydrogen) atoms. The van der Waals surface area contributed by atoms with E-state index in [2.05, 4.69) is 10.1 Å². The summed E-state index contributed by atoms with van der Waals surface area (Å²) in [6, 6.07) is 0. The standard InChI is InChI=1S/C9H17NO4/c1-13-6-8(11)10-7-9(12)2-4-14-5-3-9/h12H,2-7H2,1H3,(H,10,11). The second-order valence-corrected chi connectivity index (χ2v) is 3.55. The number of methoxy groups -OCH3 is 1. The van der Waals surface area contributed by atoms with Gasteiger partial charge in [0.15, 0.2) is 0 Å². The lowest BCUT2D eigenvalue weighted by Gasteiger charge is -2.31. The van der Waals surface area contributed by atoms with Crippen molar-refractivity contribution < 1.29 is 19.4 Å². The molecule has 0 saturated carbocycles. The number of hydrogen-bond acceptors (Lipinski definition) is 4. The monoisotopic (exact) mass is 203 g/mol. The summed E-state index contributed by atoms with van der Waals surface area (Å²) in [7, 11) is 1.46. The molecule has 0 aromatic heterocycles. The number of amides is 1. The fourth-order valence-corrected chi connectivity index (χ4v) is 1.37. The molecule has 1 saturated heterocycles. The van der Waals surface area contributed by atoms with Gasteiger partial charge < -0.3 is 19.9 Å². The zero-order chi connectivity index (χ0) is 10.4. The van der Waals surface area contributed by atoms with E-state index < -0.39 is 5.60 Å². The molecule has 0 aliphatic carbocycles. The second kappa shape index (κ2) is 5.29. The van der Waals surface area contributed by atoms with Gasteiger partial charge in [-0.05, 0) is 0 Å². The molecule has 82 valence electrons. The van der Waals surface area contributed by atoms with Crippen molar-refractivity contribution in [3.63, 3.8) is 0 Å². The van der Waals surface area contributed by atoms with Gasteiger partial charge in [-0.2, -0.15) is 0 Å². The summed E-state index contributed by atoms with van der Waals surface area (Å²) < 4.78 is 9.78. The maximum Gasteiger partial charge on any atom is 0.246 e. The van der Waals surface area contributed by atoms with Crippen LogP contribution in [0.3, 0.4) is 0 Å². The van der Waals surface area contributed by atoms with Crippen LogP contribution in [-0.2, 0) is 14.3 Å². The number of carbonyl (C=O) groups is 1. The van der Waals surface area contributed by atoms with E-state index in [0.29, 0.717) is 26.1 Å². The van der Waals surface area contributed by atoms with Crippen LogP contribution in [0.5, 0.6) is 0 Å². The Balaban J connectivity index is 2.24. The number of rotatable bonds is 4. The first-order valence-corrected chi connectivity index (χ1v) is 4.72. The Morgan fingerprint density at radius 2 is 2.21 bits per heavy atom. The molecule has 0 aromatic carbocycles. The van der Waals surface area contributed by atoms with Crippen LogP contribution < -0.4 is 5.32 Å². The van der Waals surface area contributed by atoms with Crippen molar-refractivity contribution in [1.29, 1.82) is 0 Å². The first-order chi connectivity index (χ1) is 6.66. The molecule has 1 fully saturated rings. The van der Waals surface area contributed by atoms with Crippen LogP contribution in [0.25, 0.3) is 0 Å². The SMILES string of the molecule is COCC(=O)NCC1(O)CCOCC1. The molecule has 0 unspecified atom stereocenters. The lowest BCUT2D eigenvalue weighted by molar-refractivity contribution is -0.127. The quantitative estimate of drug-likeness (QED) is 0.633. The summed E-state index contributed by atoms with van der Waals surface area (Å²) in [5.74, 6) is -0.201. The molecule has 0 radical (unpaired) electrons. The summed E-state index contributed by atoms with van der Waals surface area (Å²) in [5.41, 5.74) is -0.804. The van der Waals surface area contributed by atoms with Crippen molar-refractivity contribution >= 4 is 5.91 Å². The number of ether oxygens (including phenoxy) is 2. The van der Waals surface area contributed by atoms with Crippen molar-refractivity contribution in [2.45, 2.75) is 18.4 Å². The molecule has 0 spiro atoms. The summed E-state index contributed by atoms with van der Waals surface area (Å²) in [6.45, 7) is 1.42. The number of carbonyl (C=O) groups excluding carboxylic acids is 1. The van der Waals surface area contributed by atoms with Crippen molar-refractivity contribution in [1.82, 2.24) is 5.32 Å². The van der Waals surface area contributed by atoms with E-state index in [1.54, 1.807) is 0 Å². The molecule has 5 nitrogen and oxygen atoms in total. The van der Waals surface area contributed by atoms with E-state index in [4.69, 9.17) is 4.74 Å². The Bertz CT molecular complexity index is 189. The van der Waals surface area contributed by atoms with Crippen molar-refractivity contribution in [3.8, 4) is 0 Å². The fraction of sp³-hybridized carbons (Fsp3) is 0.889. The normalized spacial score (nSPS) is 20.4. The van der Waals surface area contributed by atoms with Gasteiger partial charge in [0.05, 0.1) is 5.60 Å². The van der Waals surface area contributed by atoms with Crippen LogP contribution >= 0.6 is 0 Å². The van der Waals surface area contributed by atoms with E-state index in [-0.39, 0.29) is 19.1 Å². The average molecular weight is 203 g/mol. The Kier molecular flexibility index (Phi) is 4.31. The third kappa shape index (κ3) is 3.61. The summed E-state index contributed by atoms with van der Waals surface area (Å²) >= 11 is 0. The van der Waals surface area contributed by atoms with E-state index in [9.17, 15) is 9.90 Å². The molecule has 0 bridgehead atoms. The maximum absolute atomic E-state index is 11.0. The largest absolute Gasteiger partial charge is 0.388 e. The fourth-order valence-electron chi connectivity index (χ4n) is 1.37. The van der Waals surface area contributed by atoms with Crippen LogP contribution in [0.1, 0.15) is 12.8 Å². The van der Waals surface area contributed by atoms with E-state index in [1.165, 1.54) is 7.11 Å². The lowest BCUT2D eigenvalue weighted by Crippen LogP contribution is -2.47. The minimum Gasteiger partial charge on any atom is -0.388 e. The first-order valence-electron chi connectivity index (χ1n) is 4.72. The smallest absolute Gasteiger partial charge is 0.246 e. The topological polar surface area (TPSA) is 67.8 Å². The summed E-state index contributed by atoms with van der Waals surface area (Å²) in [6.07, 6.45) is 1.14. The maximum atomic E-state index is 11.0. The number of aliphatic hydroxyl groups is 1. The van der Waals surface area contributed by atoms with Crippen molar-refractivity contribution in [2.24, 2.45) is 0 Å². The number of hydrogen-bond donors (Lipinski definition) is 2. The van der Waals surface area contributed by atoms with Crippen LogP contribution in [0, 0.1) is 0 Å². The Hall–Kier alpha value is -0.650. The van der Waals surface area contributed by atoms with Gasteiger partial charge in [-0.1, -0.05) is 0 Å². The molecule has 1 heterocycles. The van der Waals surface area contributed by atoms with Crippen LogP contribution in [0.15, 0.2) is 0 Å². The number of nitrogens with one attached hydrogen (secondary N) is 1. The first kappa shape index (κ1) is 11.4. The molecule has 0 atom stereocenters. The molecule has 1 aliphatic rings. The Labute approximate surface area is 83.4 Å². The molecule has 1 aliphatic heterocycles. The molecule has 0 aromatic rings. The molecular weight excluding hydrogens is 186 g/mol. The van der Waals surface area contributed by atoms with Crippen molar-refractivity contribution in [3.05, 3.63) is 0 Å². The predicted molar refractivity (Wildman–Crippen MR) is 49.9 cm³/mol. The second-order valence-electron chi connectivity index (χ2n) is 3.55. The Morgan fingerprint density at radius 1 is 1.57 bits per heavy atom. The zero-order valence-corrected chi connectivity index (χ0v) is 8.41. The van der Waals surface area contributed by atoms with Gasteiger partial charge in [0, 0.05) is 39.7 Å². The van der Waals surface area contributed by atoms with E-state index in [0.717, 1.165) is 0 Å². The highest BCUT2D eigenvalue weighted by Gasteiger charge is 2.29. The molecular formula is C9H17NO4. The minimum absolute atomic E-state index is 0.0343. The van der Waals surface area contributed by atoms with Gasteiger partial charge in [-0.25, -0.2) is 0 Å². The van der Waals surface area contributed by atoms with Crippen LogP contribution in [0.2, 0.25) is 0 Å². The average Bonchev–Trinajstić information content (AvgIpc) is 2.17. The van der Waals surface area contributed by atoms with E-state index >= 15 is 0 Å². The third-order valence-corrected chi connectivity index (χ3v) is 2.31. The van der Waals surface area contributed by atoms with Gasteiger partial charge in [-0.15, -0.1) is 0 Å². The van der Waals surface area contributed by atoms with Gasteiger partial charge in [0.2, 0.25) is 5.91 Å². The minimum atomic E-state index is -0.804. The lowest BCUT2D eigenvalue weighted by atomic mass is 9.94. The highest BCUT2D eigenvalue weighted by Crippen LogP contribution is 2.18. The van der Waals surface area contributed by atoms with Gasteiger partial charge in [-0.3, -0.25) is 4.79 Å². The summed E-state index contributed by atoms with van der Waals surface area (Å²) in [5, 5.41) is 12.6. The van der Waals surface area contributed by atoms with Crippen LogP contribution in [-0.4, -0.2) is 50.1 Å². The van der Waals surface area contributed by atoms with Gasteiger partial charge in [0.1, 0.15) is 6.61 Å². The van der Waals surface area contributed by atoms with Gasteiger partial charge >= 0.3 is 0 Å². The zero-order valence-electron chi connectivity index (χ0n) is 8.41. The molecule has 5 heteroatoms. The van der Waals surface area contributed by atoms with Crippen molar-refractivity contribution in [2.75, 3.05) is 33.5 Å². The third-order valence-electron chi connectivity index (χ3n) is 2.31.